The van der Waals surface area contributed by atoms with E-state index in [9.17, 15) is 9.59 Å². The molecule has 0 saturated carbocycles. The fourth-order valence-electron chi connectivity index (χ4n) is 2.57. The Labute approximate surface area is 151 Å². The molecule has 132 valence electrons. The van der Waals surface area contributed by atoms with Crippen LogP contribution in [-0.4, -0.2) is 27.6 Å². The van der Waals surface area contributed by atoms with Gasteiger partial charge in [-0.15, -0.1) is 17.0 Å². The van der Waals surface area contributed by atoms with Crippen LogP contribution in [0.3, 0.4) is 0 Å². The lowest BCUT2D eigenvalue weighted by atomic mass is 10.3. The van der Waals surface area contributed by atoms with E-state index < -0.39 is 0 Å². The zero-order valence-corrected chi connectivity index (χ0v) is 16.0. The summed E-state index contributed by atoms with van der Waals surface area (Å²) in [6, 6.07) is 7.75. The Morgan fingerprint density at radius 2 is 1.75 bits per heavy atom. The molecule has 0 radical (unpaired) electrons. The number of hydrogen-bond donors (Lipinski definition) is 0. The predicted molar refractivity (Wildman–Crippen MR) is 98.0 cm³/mol. The van der Waals surface area contributed by atoms with Gasteiger partial charge in [-0.2, -0.15) is 4.99 Å². The number of amides is 1. The van der Waals surface area contributed by atoms with Crippen LogP contribution >= 0.6 is 17.0 Å². The van der Waals surface area contributed by atoms with Gasteiger partial charge in [0.15, 0.2) is 0 Å². The molecule has 0 bridgehead atoms. The zero-order chi connectivity index (χ0) is 16.8. The number of aryl methyl sites for hydroxylation is 1. The molecule has 0 aliphatic heterocycles. The highest BCUT2D eigenvalue weighted by atomic mass is 79.9. The number of unbranched alkanes of at least 4 members (excludes halogenated alkanes) is 1. The standard InChI is InChI=1S/C17H23N3O3.BrH/c1-4-6-11-19-14-9-7-8-10-15(14)20(12-16(22)23-5-2)17(19)18-13(3)21;/h7-10H,4-6,11-12H2,1-3H3;1H. The molecule has 0 saturated heterocycles. The second-order valence-electron chi connectivity index (χ2n) is 5.32. The summed E-state index contributed by atoms with van der Waals surface area (Å²) < 4.78 is 8.80. The van der Waals surface area contributed by atoms with E-state index in [1.807, 2.05) is 28.8 Å². The predicted octanol–water partition coefficient (Wildman–Crippen LogP) is 2.83. The lowest BCUT2D eigenvalue weighted by Gasteiger charge is -2.05. The number of nitrogens with zero attached hydrogens (tertiary/aromatic N) is 3. The second-order valence-corrected chi connectivity index (χ2v) is 5.32. The lowest BCUT2D eigenvalue weighted by Crippen LogP contribution is -2.30. The first-order valence-electron chi connectivity index (χ1n) is 7.97. The minimum Gasteiger partial charge on any atom is -0.465 e. The normalized spacial score (nSPS) is 11.4. The Hall–Kier alpha value is -1.89. The van der Waals surface area contributed by atoms with Crippen molar-refractivity contribution in [2.75, 3.05) is 6.61 Å². The summed E-state index contributed by atoms with van der Waals surface area (Å²) in [5.74, 6) is -0.626. The first kappa shape index (κ1) is 20.2. The SMILES string of the molecule is Br.CCCCn1c(=NC(C)=O)n(CC(=O)OCC)c2ccccc21. The van der Waals surface area contributed by atoms with Crippen LogP contribution in [0.15, 0.2) is 29.3 Å². The van der Waals surface area contributed by atoms with Gasteiger partial charge in [0.05, 0.1) is 17.6 Å². The van der Waals surface area contributed by atoms with Crippen molar-refractivity contribution < 1.29 is 14.3 Å². The van der Waals surface area contributed by atoms with Crippen LogP contribution in [0.1, 0.15) is 33.6 Å². The number of ether oxygens (including phenoxy) is 1. The molecule has 1 aromatic heterocycles. The Morgan fingerprint density at radius 3 is 2.29 bits per heavy atom. The zero-order valence-electron chi connectivity index (χ0n) is 14.3. The minimum absolute atomic E-state index is 0. The molecule has 0 atom stereocenters. The van der Waals surface area contributed by atoms with Crippen molar-refractivity contribution in [1.29, 1.82) is 0 Å². The topological polar surface area (TPSA) is 65.6 Å². The maximum Gasteiger partial charge on any atom is 0.326 e. The van der Waals surface area contributed by atoms with Gasteiger partial charge in [0.1, 0.15) is 6.54 Å². The lowest BCUT2D eigenvalue weighted by molar-refractivity contribution is -0.143. The Morgan fingerprint density at radius 1 is 1.12 bits per heavy atom. The molecule has 24 heavy (non-hydrogen) atoms. The molecule has 2 rings (SSSR count). The van der Waals surface area contributed by atoms with Crippen molar-refractivity contribution in [2.24, 2.45) is 4.99 Å². The number of rotatable bonds is 6. The monoisotopic (exact) mass is 397 g/mol. The van der Waals surface area contributed by atoms with Crippen molar-refractivity contribution in [1.82, 2.24) is 9.13 Å². The molecule has 0 spiro atoms. The van der Waals surface area contributed by atoms with E-state index >= 15 is 0 Å². The number of aromatic nitrogens is 2. The first-order chi connectivity index (χ1) is 11.1. The molecule has 7 heteroatoms. The van der Waals surface area contributed by atoms with Crippen molar-refractivity contribution in [3.05, 3.63) is 29.9 Å². The summed E-state index contributed by atoms with van der Waals surface area (Å²) in [5, 5.41) is 0. The maximum atomic E-state index is 11.9. The van der Waals surface area contributed by atoms with Gasteiger partial charge in [0, 0.05) is 13.5 Å². The average molecular weight is 398 g/mol. The number of esters is 1. The number of hydrogen-bond acceptors (Lipinski definition) is 3. The molecule has 1 amide bonds. The average Bonchev–Trinajstić information content (AvgIpc) is 2.79. The molecule has 1 aromatic carbocycles. The van der Waals surface area contributed by atoms with Crippen molar-refractivity contribution >= 4 is 39.9 Å². The smallest absolute Gasteiger partial charge is 0.326 e. The van der Waals surface area contributed by atoms with Crippen molar-refractivity contribution in [2.45, 2.75) is 46.7 Å². The van der Waals surface area contributed by atoms with Gasteiger partial charge in [0.2, 0.25) is 11.5 Å². The van der Waals surface area contributed by atoms with Gasteiger partial charge in [-0.1, -0.05) is 25.5 Å². The van der Waals surface area contributed by atoms with Gasteiger partial charge in [0.25, 0.3) is 0 Å². The maximum absolute atomic E-state index is 11.9. The molecular formula is C17H24BrN3O3. The highest BCUT2D eigenvalue weighted by Crippen LogP contribution is 2.14. The summed E-state index contributed by atoms with van der Waals surface area (Å²) in [7, 11) is 0. The van der Waals surface area contributed by atoms with Gasteiger partial charge in [-0.3, -0.25) is 14.2 Å². The van der Waals surface area contributed by atoms with Crippen molar-refractivity contribution in [3.8, 4) is 0 Å². The molecule has 0 N–H and O–H groups in total. The highest BCUT2D eigenvalue weighted by Gasteiger charge is 2.15. The van der Waals surface area contributed by atoms with E-state index in [1.54, 1.807) is 11.5 Å². The van der Waals surface area contributed by atoms with Crippen LogP contribution < -0.4 is 5.62 Å². The van der Waals surface area contributed by atoms with Crippen LogP contribution in [0.25, 0.3) is 11.0 Å². The number of fused-ring (bicyclic) bond motifs is 1. The Balaban J connectivity index is 0.00000288. The van der Waals surface area contributed by atoms with Gasteiger partial charge in [-0.05, 0) is 25.5 Å². The Bertz CT molecular complexity index is 777. The second kappa shape index (κ2) is 9.42. The molecule has 0 aliphatic carbocycles. The third kappa shape index (κ3) is 4.56. The van der Waals surface area contributed by atoms with Crippen LogP contribution in [-0.2, 0) is 27.4 Å². The Kier molecular flexibility index (Phi) is 7.91. The minimum atomic E-state index is -0.337. The summed E-state index contributed by atoms with van der Waals surface area (Å²) in [4.78, 5) is 27.7. The molecule has 0 unspecified atom stereocenters. The molecule has 0 aliphatic rings. The summed E-state index contributed by atoms with van der Waals surface area (Å²) in [6.07, 6.45) is 2.00. The van der Waals surface area contributed by atoms with E-state index in [-0.39, 0.29) is 35.4 Å². The number of carbonyl (C=O) groups excluding carboxylic acids is 2. The number of para-hydroxylation sites is 2. The summed E-state index contributed by atoms with van der Waals surface area (Å²) >= 11 is 0. The fourth-order valence-corrected chi connectivity index (χ4v) is 2.57. The number of benzene rings is 1. The van der Waals surface area contributed by atoms with E-state index in [0.29, 0.717) is 12.2 Å². The van der Waals surface area contributed by atoms with E-state index in [2.05, 4.69) is 11.9 Å². The summed E-state index contributed by atoms with van der Waals surface area (Å²) in [5.41, 5.74) is 2.34. The van der Waals surface area contributed by atoms with Crippen LogP contribution in [0.2, 0.25) is 0 Å². The van der Waals surface area contributed by atoms with Gasteiger partial charge in [-0.25, -0.2) is 0 Å². The quantitative estimate of drug-likeness (QED) is 0.703. The fraction of sp³-hybridized carbons (Fsp3) is 0.471. The van der Waals surface area contributed by atoms with Gasteiger partial charge >= 0.3 is 5.97 Å². The third-order valence-electron chi connectivity index (χ3n) is 3.53. The number of imidazole rings is 1. The number of halogens is 1. The molecule has 1 heterocycles. The molecular weight excluding hydrogens is 374 g/mol. The molecule has 6 nitrogen and oxygen atoms in total. The molecule has 0 fully saturated rings. The third-order valence-corrected chi connectivity index (χ3v) is 3.53. The van der Waals surface area contributed by atoms with Crippen molar-refractivity contribution in [3.63, 3.8) is 0 Å². The van der Waals surface area contributed by atoms with Crippen LogP contribution in [0.4, 0.5) is 0 Å². The van der Waals surface area contributed by atoms with E-state index in [0.717, 1.165) is 30.4 Å². The molecule has 2 aromatic rings. The van der Waals surface area contributed by atoms with E-state index in [4.69, 9.17) is 4.74 Å². The highest BCUT2D eigenvalue weighted by molar-refractivity contribution is 8.93. The summed E-state index contributed by atoms with van der Waals surface area (Å²) in [6.45, 7) is 6.41. The number of carbonyl (C=O) groups is 2. The first-order valence-corrected chi connectivity index (χ1v) is 7.97. The van der Waals surface area contributed by atoms with Crippen LogP contribution in [0, 0.1) is 0 Å². The van der Waals surface area contributed by atoms with E-state index in [1.165, 1.54) is 6.92 Å². The van der Waals surface area contributed by atoms with Gasteiger partial charge < -0.3 is 9.30 Å². The largest absolute Gasteiger partial charge is 0.465 e. The van der Waals surface area contributed by atoms with Crippen LogP contribution in [0.5, 0.6) is 0 Å².